The number of aromatic nitrogens is 2. The van der Waals surface area contributed by atoms with Gasteiger partial charge in [0.15, 0.2) is 0 Å². The van der Waals surface area contributed by atoms with Crippen LogP contribution in [-0.2, 0) is 15.9 Å². The fourth-order valence-electron chi connectivity index (χ4n) is 4.65. The van der Waals surface area contributed by atoms with Crippen LogP contribution in [0.25, 0.3) is 5.57 Å². The molecule has 1 aromatic carbocycles. The SMILES string of the molecule is CC(C)(C)OC(=O)N1CC=C(c2nc(N3CCOCC3)nc3c2CCN3c2ccccc2)CC1. The van der Waals surface area contributed by atoms with Crippen molar-refractivity contribution in [1.82, 2.24) is 14.9 Å². The van der Waals surface area contributed by atoms with Gasteiger partial charge in [0.2, 0.25) is 5.95 Å². The van der Waals surface area contributed by atoms with Crippen LogP contribution in [0.2, 0.25) is 0 Å². The average Bonchev–Trinajstić information content (AvgIpc) is 3.28. The van der Waals surface area contributed by atoms with Gasteiger partial charge in [0, 0.05) is 44.0 Å². The lowest BCUT2D eigenvalue weighted by Crippen LogP contribution is -2.39. The molecule has 0 bridgehead atoms. The molecule has 0 saturated carbocycles. The molecular formula is C26H33N5O3. The van der Waals surface area contributed by atoms with Crippen molar-refractivity contribution in [3.63, 3.8) is 0 Å². The lowest BCUT2D eigenvalue weighted by molar-refractivity contribution is 0.0270. The number of para-hydroxylation sites is 1. The Hall–Kier alpha value is -3.13. The number of amides is 1. The van der Waals surface area contributed by atoms with E-state index in [0.717, 1.165) is 55.6 Å². The fraction of sp³-hybridized carbons (Fsp3) is 0.500. The molecule has 0 radical (unpaired) electrons. The molecule has 8 nitrogen and oxygen atoms in total. The summed E-state index contributed by atoms with van der Waals surface area (Å²) in [4.78, 5) is 28.9. The van der Waals surface area contributed by atoms with Gasteiger partial charge in [-0.15, -0.1) is 0 Å². The normalized spacial score (nSPS) is 18.6. The predicted octanol–water partition coefficient (Wildman–Crippen LogP) is 4.03. The summed E-state index contributed by atoms with van der Waals surface area (Å²) in [5.41, 5.74) is 4.05. The quantitative estimate of drug-likeness (QED) is 0.681. The first-order valence-electron chi connectivity index (χ1n) is 12.1. The molecule has 0 aliphatic carbocycles. The summed E-state index contributed by atoms with van der Waals surface area (Å²) in [6.45, 7) is 10.7. The van der Waals surface area contributed by atoms with Gasteiger partial charge in [0.25, 0.3) is 0 Å². The number of carbonyl (C=O) groups is 1. The van der Waals surface area contributed by atoms with Crippen LogP contribution in [0, 0.1) is 0 Å². The second-order valence-corrected chi connectivity index (χ2v) is 9.92. The summed E-state index contributed by atoms with van der Waals surface area (Å²) in [6.07, 6.45) is 3.51. The molecule has 1 amide bonds. The Morgan fingerprint density at radius 3 is 2.44 bits per heavy atom. The number of hydrogen-bond donors (Lipinski definition) is 0. The molecule has 5 rings (SSSR count). The highest BCUT2D eigenvalue weighted by molar-refractivity contribution is 5.78. The Morgan fingerprint density at radius 2 is 1.76 bits per heavy atom. The molecule has 1 fully saturated rings. The largest absolute Gasteiger partial charge is 0.444 e. The van der Waals surface area contributed by atoms with Gasteiger partial charge in [-0.05, 0) is 51.3 Å². The number of rotatable bonds is 3. The Labute approximate surface area is 201 Å². The third-order valence-corrected chi connectivity index (χ3v) is 6.34. The van der Waals surface area contributed by atoms with Crippen molar-refractivity contribution in [2.75, 3.05) is 55.7 Å². The molecule has 180 valence electrons. The van der Waals surface area contributed by atoms with E-state index in [1.54, 1.807) is 4.90 Å². The molecule has 2 aromatic rings. The van der Waals surface area contributed by atoms with E-state index in [-0.39, 0.29) is 6.09 Å². The van der Waals surface area contributed by atoms with Crippen molar-refractivity contribution in [2.45, 2.75) is 39.2 Å². The molecule has 4 heterocycles. The van der Waals surface area contributed by atoms with E-state index in [1.807, 2.05) is 26.8 Å². The molecule has 1 aromatic heterocycles. The van der Waals surface area contributed by atoms with Crippen LogP contribution in [0.5, 0.6) is 0 Å². The Bertz CT molecular complexity index is 1070. The van der Waals surface area contributed by atoms with Crippen LogP contribution in [-0.4, -0.2) is 72.5 Å². The van der Waals surface area contributed by atoms with Crippen molar-refractivity contribution >= 4 is 29.1 Å². The molecule has 0 atom stereocenters. The topological polar surface area (TPSA) is 71.0 Å². The van der Waals surface area contributed by atoms with Crippen LogP contribution in [0.15, 0.2) is 36.4 Å². The molecule has 0 unspecified atom stereocenters. The summed E-state index contributed by atoms with van der Waals surface area (Å²) in [5.74, 6) is 1.75. The predicted molar refractivity (Wildman–Crippen MR) is 133 cm³/mol. The van der Waals surface area contributed by atoms with Gasteiger partial charge in [-0.3, -0.25) is 0 Å². The first-order chi connectivity index (χ1) is 16.4. The van der Waals surface area contributed by atoms with Gasteiger partial charge in [-0.1, -0.05) is 24.3 Å². The smallest absolute Gasteiger partial charge is 0.410 e. The number of nitrogens with zero attached hydrogens (tertiary/aromatic N) is 5. The van der Waals surface area contributed by atoms with Crippen LogP contribution in [0.3, 0.4) is 0 Å². The maximum Gasteiger partial charge on any atom is 0.410 e. The van der Waals surface area contributed by atoms with Crippen molar-refractivity contribution in [3.8, 4) is 0 Å². The summed E-state index contributed by atoms with van der Waals surface area (Å²) in [5, 5.41) is 0. The van der Waals surface area contributed by atoms with E-state index in [0.29, 0.717) is 26.3 Å². The van der Waals surface area contributed by atoms with Crippen LogP contribution < -0.4 is 9.80 Å². The highest BCUT2D eigenvalue weighted by atomic mass is 16.6. The fourth-order valence-corrected chi connectivity index (χ4v) is 4.65. The maximum atomic E-state index is 12.5. The van der Waals surface area contributed by atoms with Gasteiger partial charge >= 0.3 is 6.09 Å². The number of morpholine rings is 1. The van der Waals surface area contributed by atoms with Crippen LogP contribution in [0.4, 0.5) is 22.2 Å². The minimum Gasteiger partial charge on any atom is -0.444 e. The van der Waals surface area contributed by atoms with Crippen molar-refractivity contribution in [3.05, 3.63) is 47.7 Å². The molecular weight excluding hydrogens is 430 g/mol. The Balaban J connectivity index is 1.47. The average molecular weight is 464 g/mol. The van der Waals surface area contributed by atoms with Crippen molar-refractivity contribution in [1.29, 1.82) is 0 Å². The summed E-state index contributed by atoms with van der Waals surface area (Å²) in [6, 6.07) is 10.4. The van der Waals surface area contributed by atoms with Crippen molar-refractivity contribution in [2.24, 2.45) is 0 Å². The molecule has 3 aliphatic heterocycles. The second-order valence-electron chi connectivity index (χ2n) is 9.92. The molecule has 0 N–H and O–H groups in total. The molecule has 3 aliphatic rings. The van der Waals surface area contributed by atoms with Crippen LogP contribution >= 0.6 is 0 Å². The minimum absolute atomic E-state index is 0.264. The monoisotopic (exact) mass is 463 g/mol. The first kappa shape index (κ1) is 22.7. The van der Waals surface area contributed by atoms with E-state index in [1.165, 1.54) is 11.1 Å². The number of anilines is 3. The summed E-state index contributed by atoms with van der Waals surface area (Å²) < 4.78 is 11.1. The molecule has 8 heteroatoms. The van der Waals surface area contributed by atoms with Crippen molar-refractivity contribution < 1.29 is 14.3 Å². The lowest BCUT2D eigenvalue weighted by atomic mass is 10.00. The van der Waals surface area contributed by atoms with E-state index < -0.39 is 5.60 Å². The number of benzene rings is 1. The van der Waals surface area contributed by atoms with E-state index in [2.05, 4.69) is 40.1 Å². The molecule has 34 heavy (non-hydrogen) atoms. The third-order valence-electron chi connectivity index (χ3n) is 6.34. The first-order valence-corrected chi connectivity index (χ1v) is 12.1. The Kier molecular flexibility index (Phi) is 6.16. The standard InChI is InChI=1S/C26H33N5O3/c1-26(2,3)34-25(32)30-12-9-19(10-13-30)22-21-11-14-31(20-7-5-4-6-8-20)23(21)28-24(27-22)29-15-17-33-18-16-29/h4-9H,10-18H2,1-3H3. The van der Waals surface area contributed by atoms with E-state index in [9.17, 15) is 4.79 Å². The number of ether oxygens (including phenoxy) is 2. The number of fused-ring (bicyclic) bond motifs is 1. The minimum atomic E-state index is -0.498. The van der Waals surface area contributed by atoms with Gasteiger partial charge in [-0.25, -0.2) is 9.78 Å². The second kappa shape index (κ2) is 9.25. The summed E-state index contributed by atoms with van der Waals surface area (Å²) in [7, 11) is 0. The molecule has 1 saturated heterocycles. The number of hydrogen-bond acceptors (Lipinski definition) is 7. The zero-order valence-corrected chi connectivity index (χ0v) is 20.3. The molecule has 0 spiro atoms. The Morgan fingerprint density at radius 1 is 1.00 bits per heavy atom. The maximum absolute atomic E-state index is 12.5. The van der Waals surface area contributed by atoms with Gasteiger partial charge in [0.1, 0.15) is 11.4 Å². The van der Waals surface area contributed by atoms with Crippen LogP contribution in [0.1, 0.15) is 38.4 Å². The van der Waals surface area contributed by atoms with E-state index >= 15 is 0 Å². The van der Waals surface area contributed by atoms with E-state index in [4.69, 9.17) is 19.4 Å². The zero-order valence-electron chi connectivity index (χ0n) is 20.3. The highest BCUT2D eigenvalue weighted by Gasteiger charge is 2.31. The summed E-state index contributed by atoms with van der Waals surface area (Å²) >= 11 is 0. The lowest BCUT2D eigenvalue weighted by Gasteiger charge is -2.31. The number of carbonyl (C=O) groups excluding carboxylic acids is 1. The van der Waals surface area contributed by atoms with Gasteiger partial charge < -0.3 is 24.2 Å². The van der Waals surface area contributed by atoms with Gasteiger partial charge in [0.05, 0.1) is 18.9 Å². The highest BCUT2D eigenvalue weighted by Crippen LogP contribution is 2.39. The van der Waals surface area contributed by atoms with Gasteiger partial charge in [-0.2, -0.15) is 4.98 Å². The zero-order chi connectivity index (χ0) is 23.7. The third kappa shape index (κ3) is 4.73.